The Labute approximate surface area is 176 Å². The Bertz CT molecular complexity index is 1130. The lowest BCUT2D eigenvalue weighted by Gasteiger charge is -2.06. The number of allylic oxidation sites excluding steroid dienone is 1. The van der Waals surface area contributed by atoms with E-state index in [4.69, 9.17) is 25.8 Å². The van der Waals surface area contributed by atoms with Crippen LogP contribution in [-0.2, 0) is 0 Å². The summed E-state index contributed by atoms with van der Waals surface area (Å²) in [4.78, 5) is 24.6. The number of benzene rings is 3. The Morgan fingerprint density at radius 3 is 2.47 bits per heavy atom. The molecule has 3 aromatic carbocycles. The Morgan fingerprint density at radius 2 is 1.70 bits per heavy atom. The van der Waals surface area contributed by atoms with Crippen molar-refractivity contribution in [2.75, 3.05) is 6.79 Å². The molecule has 7 heteroatoms. The summed E-state index contributed by atoms with van der Waals surface area (Å²) in [6.07, 6.45) is 2.56. The largest absolute Gasteiger partial charge is 0.454 e. The van der Waals surface area contributed by atoms with Crippen molar-refractivity contribution in [1.82, 2.24) is 0 Å². The van der Waals surface area contributed by atoms with Crippen LogP contribution in [0.2, 0.25) is 5.02 Å². The molecule has 0 amide bonds. The smallest absolute Gasteiger partial charge is 0.343 e. The lowest BCUT2D eigenvalue weighted by Crippen LogP contribution is -2.08. The second-order valence-corrected chi connectivity index (χ2v) is 6.72. The predicted molar refractivity (Wildman–Crippen MR) is 109 cm³/mol. The Morgan fingerprint density at radius 1 is 0.967 bits per heavy atom. The quantitative estimate of drug-likeness (QED) is 0.240. The van der Waals surface area contributed by atoms with Crippen molar-refractivity contribution in [3.63, 3.8) is 0 Å². The van der Waals surface area contributed by atoms with Gasteiger partial charge in [0.1, 0.15) is 11.6 Å². The lowest BCUT2D eigenvalue weighted by molar-refractivity contribution is 0.0734. The van der Waals surface area contributed by atoms with Gasteiger partial charge in [0.25, 0.3) is 0 Å². The average Bonchev–Trinajstić information content (AvgIpc) is 3.21. The standard InChI is InChI=1S/C23H14ClFO5/c24-18-2-1-3-19(25)17(18)9-10-20(26)14-4-7-16(8-5-14)30-23(27)15-6-11-21-22(12-15)29-13-28-21/h1-12H,13H2. The second-order valence-electron chi connectivity index (χ2n) is 6.31. The van der Waals surface area contributed by atoms with Crippen LogP contribution in [-0.4, -0.2) is 18.5 Å². The number of hydrogen-bond donors (Lipinski definition) is 0. The number of halogens is 2. The van der Waals surface area contributed by atoms with Gasteiger partial charge in [-0.1, -0.05) is 17.7 Å². The van der Waals surface area contributed by atoms with E-state index in [1.165, 1.54) is 54.6 Å². The second kappa shape index (κ2) is 8.39. The van der Waals surface area contributed by atoms with Crippen LogP contribution in [0.1, 0.15) is 26.3 Å². The van der Waals surface area contributed by atoms with E-state index in [0.717, 1.165) is 0 Å². The van der Waals surface area contributed by atoms with Gasteiger partial charge in [0.05, 0.1) is 10.6 Å². The molecular formula is C23H14ClFO5. The minimum Gasteiger partial charge on any atom is -0.454 e. The van der Waals surface area contributed by atoms with Crippen LogP contribution in [0.15, 0.2) is 66.7 Å². The number of ether oxygens (including phenoxy) is 3. The maximum atomic E-state index is 13.8. The fraction of sp³-hybridized carbons (Fsp3) is 0.0435. The molecule has 0 saturated heterocycles. The molecule has 0 radical (unpaired) electrons. The number of carbonyl (C=O) groups is 2. The van der Waals surface area contributed by atoms with Crippen molar-refractivity contribution < 1.29 is 28.2 Å². The molecule has 0 N–H and O–H groups in total. The highest BCUT2D eigenvalue weighted by molar-refractivity contribution is 6.32. The normalized spacial score (nSPS) is 12.2. The zero-order chi connectivity index (χ0) is 21.1. The van der Waals surface area contributed by atoms with Gasteiger partial charge in [0.15, 0.2) is 17.3 Å². The van der Waals surface area contributed by atoms with Crippen molar-refractivity contribution >= 4 is 29.4 Å². The van der Waals surface area contributed by atoms with Crippen LogP contribution >= 0.6 is 11.6 Å². The predicted octanol–water partition coefficient (Wildman–Crippen LogP) is 5.32. The molecule has 0 spiro atoms. The van der Waals surface area contributed by atoms with Gasteiger partial charge in [0, 0.05) is 11.1 Å². The molecule has 30 heavy (non-hydrogen) atoms. The lowest BCUT2D eigenvalue weighted by atomic mass is 10.1. The maximum absolute atomic E-state index is 13.8. The molecule has 0 fully saturated rings. The monoisotopic (exact) mass is 424 g/mol. The first-order chi connectivity index (χ1) is 14.5. The van der Waals surface area contributed by atoms with Crippen LogP contribution in [0.4, 0.5) is 4.39 Å². The van der Waals surface area contributed by atoms with Gasteiger partial charge >= 0.3 is 5.97 Å². The molecular weight excluding hydrogens is 411 g/mol. The third-order valence-corrected chi connectivity index (χ3v) is 4.69. The zero-order valence-corrected chi connectivity index (χ0v) is 16.2. The Hall–Kier alpha value is -3.64. The molecule has 0 unspecified atom stereocenters. The summed E-state index contributed by atoms with van der Waals surface area (Å²) in [6, 6.07) is 15.1. The first kappa shape index (κ1) is 19.7. The van der Waals surface area contributed by atoms with Crippen LogP contribution < -0.4 is 14.2 Å². The number of fused-ring (bicyclic) bond motifs is 1. The fourth-order valence-corrected chi connectivity index (χ4v) is 3.03. The van der Waals surface area contributed by atoms with Gasteiger partial charge in [-0.25, -0.2) is 9.18 Å². The highest BCUT2D eigenvalue weighted by Crippen LogP contribution is 2.32. The van der Waals surface area contributed by atoms with Crippen molar-refractivity contribution in [3.8, 4) is 17.2 Å². The van der Waals surface area contributed by atoms with E-state index >= 15 is 0 Å². The topological polar surface area (TPSA) is 61.8 Å². The molecule has 0 bridgehead atoms. The summed E-state index contributed by atoms with van der Waals surface area (Å²) in [6.45, 7) is 0.112. The van der Waals surface area contributed by atoms with Crippen molar-refractivity contribution in [1.29, 1.82) is 0 Å². The van der Waals surface area contributed by atoms with Crippen LogP contribution in [0, 0.1) is 5.82 Å². The third-order valence-electron chi connectivity index (χ3n) is 4.36. The van der Waals surface area contributed by atoms with Gasteiger partial charge in [-0.05, 0) is 66.7 Å². The van der Waals surface area contributed by atoms with E-state index in [2.05, 4.69) is 0 Å². The van der Waals surface area contributed by atoms with Crippen molar-refractivity contribution in [2.45, 2.75) is 0 Å². The first-order valence-corrected chi connectivity index (χ1v) is 9.27. The van der Waals surface area contributed by atoms with E-state index in [9.17, 15) is 14.0 Å². The van der Waals surface area contributed by atoms with E-state index in [0.29, 0.717) is 22.6 Å². The summed E-state index contributed by atoms with van der Waals surface area (Å²) < 4.78 is 29.6. The fourth-order valence-electron chi connectivity index (χ4n) is 2.80. The molecule has 4 rings (SSSR count). The van der Waals surface area contributed by atoms with Gasteiger partial charge in [-0.2, -0.15) is 0 Å². The molecule has 1 aliphatic rings. The Kier molecular flexibility index (Phi) is 5.50. The Balaban J connectivity index is 1.43. The molecule has 0 aliphatic carbocycles. The average molecular weight is 425 g/mol. The SMILES string of the molecule is O=C(C=Cc1c(F)cccc1Cl)c1ccc(OC(=O)c2ccc3c(c2)OCO3)cc1. The molecule has 0 saturated carbocycles. The molecule has 3 aromatic rings. The summed E-state index contributed by atoms with van der Waals surface area (Å²) in [7, 11) is 0. The first-order valence-electron chi connectivity index (χ1n) is 8.89. The van der Waals surface area contributed by atoms with Gasteiger partial charge < -0.3 is 14.2 Å². The van der Waals surface area contributed by atoms with Gasteiger partial charge in [0.2, 0.25) is 6.79 Å². The summed E-state index contributed by atoms with van der Waals surface area (Å²) in [5, 5.41) is 0.213. The minimum absolute atomic E-state index is 0.112. The number of carbonyl (C=O) groups excluding carboxylic acids is 2. The summed E-state index contributed by atoms with van der Waals surface area (Å²) >= 11 is 5.94. The van der Waals surface area contributed by atoms with Crippen molar-refractivity contribution in [3.05, 3.63) is 94.3 Å². The van der Waals surface area contributed by atoms with Crippen LogP contribution in [0.25, 0.3) is 6.08 Å². The number of ketones is 1. The van der Waals surface area contributed by atoms with E-state index in [1.807, 2.05) is 0 Å². The molecule has 0 atom stereocenters. The zero-order valence-electron chi connectivity index (χ0n) is 15.4. The highest BCUT2D eigenvalue weighted by atomic mass is 35.5. The van der Waals surface area contributed by atoms with Gasteiger partial charge in [-0.15, -0.1) is 0 Å². The molecule has 150 valence electrons. The molecule has 5 nitrogen and oxygen atoms in total. The third kappa shape index (κ3) is 4.18. The van der Waals surface area contributed by atoms with E-state index in [-0.39, 0.29) is 28.9 Å². The molecule has 0 aromatic heterocycles. The number of esters is 1. The van der Waals surface area contributed by atoms with E-state index in [1.54, 1.807) is 18.2 Å². The minimum atomic E-state index is -0.568. The highest BCUT2D eigenvalue weighted by Gasteiger charge is 2.17. The summed E-state index contributed by atoms with van der Waals surface area (Å²) in [5.41, 5.74) is 0.799. The number of hydrogen-bond acceptors (Lipinski definition) is 5. The molecule has 1 aliphatic heterocycles. The van der Waals surface area contributed by atoms with Crippen LogP contribution in [0.5, 0.6) is 17.2 Å². The van der Waals surface area contributed by atoms with Crippen LogP contribution in [0.3, 0.4) is 0 Å². The van der Waals surface area contributed by atoms with E-state index < -0.39 is 11.8 Å². The van der Waals surface area contributed by atoms with Crippen molar-refractivity contribution in [2.24, 2.45) is 0 Å². The van der Waals surface area contributed by atoms with Gasteiger partial charge in [-0.3, -0.25) is 4.79 Å². The maximum Gasteiger partial charge on any atom is 0.343 e. The summed E-state index contributed by atoms with van der Waals surface area (Å²) in [5.74, 6) is -0.108. The number of rotatable bonds is 5. The molecule has 1 heterocycles.